The number of aryl methyl sites for hydroxylation is 1. The fraction of sp³-hybridized carbons (Fsp3) is 0.333. The van der Waals surface area contributed by atoms with Gasteiger partial charge in [0, 0.05) is 26.0 Å². The van der Waals surface area contributed by atoms with E-state index in [1.54, 1.807) is 12.3 Å². The van der Waals surface area contributed by atoms with Crippen LogP contribution in [0.15, 0.2) is 18.5 Å². The molecule has 0 aliphatic rings. The highest BCUT2D eigenvalue weighted by molar-refractivity contribution is 6.37. The summed E-state index contributed by atoms with van der Waals surface area (Å²) in [7, 11) is 1.94. The molecule has 2 aromatic heterocycles. The van der Waals surface area contributed by atoms with Crippen LogP contribution in [0.3, 0.4) is 0 Å². The van der Waals surface area contributed by atoms with Gasteiger partial charge in [-0.05, 0) is 13.0 Å². The summed E-state index contributed by atoms with van der Waals surface area (Å²) in [5, 5.41) is 7.24. The van der Waals surface area contributed by atoms with Gasteiger partial charge in [-0.2, -0.15) is 0 Å². The highest BCUT2D eigenvalue weighted by Crippen LogP contribution is 2.29. The van der Waals surface area contributed by atoms with Crippen molar-refractivity contribution in [2.75, 3.05) is 17.2 Å². The summed E-state index contributed by atoms with van der Waals surface area (Å²) >= 11 is 12.2. The summed E-state index contributed by atoms with van der Waals surface area (Å²) in [5.74, 6) is 2.11. The molecule has 2 heterocycles. The van der Waals surface area contributed by atoms with E-state index in [4.69, 9.17) is 23.2 Å². The Morgan fingerprint density at radius 2 is 1.89 bits per heavy atom. The van der Waals surface area contributed by atoms with Gasteiger partial charge in [0.15, 0.2) is 0 Å². The lowest BCUT2D eigenvalue weighted by atomic mass is 10.4. The Balaban J connectivity index is 2.15. The monoisotopic (exact) mass is 299 g/mol. The van der Waals surface area contributed by atoms with Crippen LogP contribution in [0.4, 0.5) is 11.6 Å². The van der Waals surface area contributed by atoms with E-state index in [2.05, 4.69) is 20.6 Å². The van der Waals surface area contributed by atoms with Crippen LogP contribution in [0.1, 0.15) is 12.7 Å². The van der Waals surface area contributed by atoms with Crippen molar-refractivity contribution in [1.29, 1.82) is 0 Å². The highest BCUT2D eigenvalue weighted by Gasteiger charge is 2.09. The number of imidazole rings is 1. The van der Waals surface area contributed by atoms with Crippen LogP contribution < -0.4 is 10.6 Å². The topological polar surface area (TPSA) is 54.8 Å². The number of halogens is 2. The van der Waals surface area contributed by atoms with E-state index >= 15 is 0 Å². The van der Waals surface area contributed by atoms with Gasteiger partial charge in [-0.3, -0.25) is 0 Å². The van der Waals surface area contributed by atoms with Gasteiger partial charge in [0.25, 0.3) is 0 Å². The van der Waals surface area contributed by atoms with Crippen molar-refractivity contribution in [3.8, 4) is 0 Å². The molecule has 0 aromatic carbocycles. The molecule has 0 saturated carbocycles. The molecule has 2 N–H and O–H groups in total. The zero-order valence-electron chi connectivity index (χ0n) is 10.7. The van der Waals surface area contributed by atoms with Crippen molar-refractivity contribution in [2.24, 2.45) is 7.05 Å². The van der Waals surface area contributed by atoms with Crippen LogP contribution >= 0.6 is 23.2 Å². The molecule has 5 nitrogen and oxygen atoms in total. The van der Waals surface area contributed by atoms with E-state index in [1.807, 2.05) is 24.7 Å². The van der Waals surface area contributed by atoms with Gasteiger partial charge >= 0.3 is 0 Å². The Hall–Kier alpha value is -1.46. The first-order chi connectivity index (χ1) is 9.11. The molecule has 0 spiro atoms. The molecular formula is C12H15Cl2N5. The van der Waals surface area contributed by atoms with Crippen LogP contribution in [0.25, 0.3) is 0 Å². The predicted molar refractivity (Wildman–Crippen MR) is 79.0 cm³/mol. The van der Waals surface area contributed by atoms with E-state index in [0.29, 0.717) is 28.2 Å². The number of aromatic nitrogens is 3. The Kier molecular flexibility index (Phi) is 4.50. The number of pyridine rings is 1. The lowest BCUT2D eigenvalue weighted by molar-refractivity contribution is 0.811. The molecule has 2 rings (SSSR count). The summed E-state index contributed by atoms with van der Waals surface area (Å²) in [5.41, 5.74) is 0. The zero-order valence-corrected chi connectivity index (χ0v) is 12.3. The summed E-state index contributed by atoms with van der Waals surface area (Å²) in [6, 6.07) is 1.68. The van der Waals surface area contributed by atoms with E-state index in [9.17, 15) is 0 Å². The molecule has 2 aromatic rings. The lowest BCUT2D eigenvalue weighted by Gasteiger charge is -2.11. The number of nitrogens with one attached hydrogen (secondary N) is 2. The Labute approximate surface area is 122 Å². The molecule has 0 radical (unpaired) electrons. The van der Waals surface area contributed by atoms with E-state index < -0.39 is 0 Å². The number of hydrogen-bond acceptors (Lipinski definition) is 4. The van der Waals surface area contributed by atoms with E-state index in [0.717, 1.165) is 12.4 Å². The van der Waals surface area contributed by atoms with Crippen LogP contribution in [0.2, 0.25) is 10.0 Å². The second kappa shape index (κ2) is 6.12. The number of anilines is 2. The van der Waals surface area contributed by atoms with Crippen LogP contribution in [0.5, 0.6) is 0 Å². The molecule has 0 unspecified atom stereocenters. The second-order valence-electron chi connectivity index (χ2n) is 3.99. The lowest BCUT2D eigenvalue weighted by Crippen LogP contribution is -2.09. The van der Waals surface area contributed by atoms with Crippen molar-refractivity contribution in [3.05, 3.63) is 34.3 Å². The molecular weight excluding hydrogens is 285 g/mol. The smallest absolute Gasteiger partial charge is 0.147 e. The summed E-state index contributed by atoms with van der Waals surface area (Å²) < 4.78 is 1.93. The third-order valence-corrected chi connectivity index (χ3v) is 3.18. The SMILES string of the molecule is CCNc1nc(NCc2nccn2C)c(Cl)cc1Cl. The van der Waals surface area contributed by atoms with Gasteiger partial charge in [-0.15, -0.1) is 0 Å². The molecule has 0 aliphatic heterocycles. The number of nitrogens with zero attached hydrogens (tertiary/aromatic N) is 3. The van der Waals surface area contributed by atoms with E-state index in [-0.39, 0.29) is 0 Å². The predicted octanol–water partition coefficient (Wildman–Crippen LogP) is 3.17. The molecule has 0 amide bonds. The highest BCUT2D eigenvalue weighted by atomic mass is 35.5. The zero-order chi connectivity index (χ0) is 13.8. The minimum absolute atomic E-state index is 0.487. The van der Waals surface area contributed by atoms with Gasteiger partial charge in [-0.25, -0.2) is 9.97 Å². The van der Waals surface area contributed by atoms with Crippen molar-refractivity contribution in [1.82, 2.24) is 14.5 Å². The minimum atomic E-state index is 0.487. The first-order valence-electron chi connectivity index (χ1n) is 5.91. The maximum atomic E-state index is 6.12. The molecule has 0 aliphatic carbocycles. The minimum Gasteiger partial charge on any atom is -0.369 e. The average Bonchev–Trinajstić information content (AvgIpc) is 2.77. The Morgan fingerprint density at radius 1 is 1.21 bits per heavy atom. The van der Waals surface area contributed by atoms with Gasteiger partial charge in [0.2, 0.25) is 0 Å². The molecule has 0 fully saturated rings. The normalized spacial score (nSPS) is 10.5. The third-order valence-electron chi connectivity index (χ3n) is 2.61. The van der Waals surface area contributed by atoms with Crippen LogP contribution in [-0.4, -0.2) is 21.1 Å². The van der Waals surface area contributed by atoms with Crippen molar-refractivity contribution in [2.45, 2.75) is 13.5 Å². The maximum Gasteiger partial charge on any atom is 0.147 e. The third kappa shape index (κ3) is 3.30. The largest absolute Gasteiger partial charge is 0.369 e. The molecule has 19 heavy (non-hydrogen) atoms. The molecule has 0 saturated heterocycles. The fourth-order valence-electron chi connectivity index (χ4n) is 1.61. The second-order valence-corrected chi connectivity index (χ2v) is 4.80. The summed E-state index contributed by atoms with van der Waals surface area (Å²) in [6.07, 6.45) is 3.63. The molecule has 0 atom stereocenters. The van der Waals surface area contributed by atoms with Crippen molar-refractivity contribution >= 4 is 34.8 Å². The standard InChI is InChI=1S/C12H15Cl2N5/c1-3-15-11-8(13)6-9(14)12(18-11)17-7-10-16-4-5-19(10)2/h4-6H,3,7H2,1-2H3,(H2,15,17,18). The van der Waals surface area contributed by atoms with E-state index in [1.165, 1.54) is 0 Å². The molecule has 7 heteroatoms. The molecule has 102 valence electrons. The van der Waals surface area contributed by atoms with Gasteiger partial charge < -0.3 is 15.2 Å². The molecule has 0 bridgehead atoms. The number of hydrogen-bond donors (Lipinski definition) is 2. The Bertz CT molecular complexity index is 567. The first kappa shape index (κ1) is 14.0. The van der Waals surface area contributed by atoms with Crippen molar-refractivity contribution < 1.29 is 0 Å². The van der Waals surface area contributed by atoms with Gasteiger partial charge in [0.05, 0.1) is 16.6 Å². The summed E-state index contributed by atoms with van der Waals surface area (Å²) in [6.45, 7) is 3.27. The quantitative estimate of drug-likeness (QED) is 0.890. The van der Waals surface area contributed by atoms with Gasteiger partial charge in [0.1, 0.15) is 17.5 Å². The van der Waals surface area contributed by atoms with Crippen LogP contribution in [-0.2, 0) is 13.6 Å². The van der Waals surface area contributed by atoms with Crippen molar-refractivity contribution in [3.63, 3.8) is 0 Å². The first-order valence-corrected chi connectivity index (χ1v) is 6.67. The maximum absolute atomic E-state index is 6.12. The fourth-order valence-corrected chi connectivity index (χ4v) is 2.10. The summed E-state index contributed by atoms with van der Waals surface area (Å²) in [4.78, 5) is 8.59. The number of rotatable bonds is 5. The Morgan fingerprint density at radius 3 is 2.47 bits per heavy atom. The van der Waals surface area contributed by atoms with Crippen LogP contribution in [0, 0.1) is 0 Å². The van der Waals surface area contributed by atoms with Gasteiger partial charge in [-0.1, -0.05) is 23.2 Å². The average molecular weight is 300 g/mol.